The number of amides is 1. The van der Waals surface area contributed by atoms with Crippen LogP contribution in [0.1, 0.15) is 49.0 Å². The molecule has 0 aromatic heterocycles. The minimum Gasteiger partial charge on any atom is -0.496 e. The molecular weight excluding hydrogens is 382 g/mol. The molecule has 1 heterocycles. The van der Waals surface area contributed by atoms with Crippen LogP contribution in [0.25, 0.3) is 0 Å². The monoisotopic (exact) mass is 403 g/mol. The number of ether oxygens (including phenoxy) is 2. The van der Waals surface area contributed by atoms with Crippen LogP contribution in [0, 0.1) is 0 Å². The van der Waals surface area contributed by atoms with Crippen LogP contribution in [0.15, 0.2) is 36.4 Å². The molecule has 0 bridgehead atoms. The molecule has 0 aliphatic carbocycles. The number of halogens is 1. The summed E-state index contributed by atoms with van der Waals surface area (Å²) in [5.41, 5.74) is 2.96. The molecule has 2 atom stereocenters. The van der Waals surface area contributed by atoms with E-state index < -0.39 is 30.5 Å². The first kappa shape index (κ1) is 20.2. The van der Waals surface area contributed by atoms with Gasteiger partial charge in [0, 0.05) is 21.8 Å². The molecule has 0 spiro atoms. The lowest BCUT2D eigenvalue weighted by atomic mass is 9.89. The lowest BCUT2D eigenvalue weighted by molar-refractivity contribution is -0.146. The van der Waals surface area contributed by atoms with Crippen LogP contribution < -0.4 is 10.1 Å². The predicted octanol–water partition coefficient (Wildman–Crippen LogP) is 4.37. The van der Waals surface area contributed by atoms with Gasteiger partial charge in [0.1, 0.15) is 18.0 Å². The summed E-state index contributed by atoms with van der Waals surface area (Å²) in [5, 5.41) is 12.5. The van der Waals surface area contributed by atoms with Crippen molar-refractivity contribution >= 4 is 29.2 Å². The Morgan fingerprint density at radius 3 is 2.68 bits per heavy atom. The quantitative estimate of drug-likeness (QED) is 0.774. The van der Waals surface area contributed by atoms with Gasteiger partial charge in [0.25, 0.3) is 5.91 Å². The smallest absolute Gasteiger partial charge is 0.306 e. The average molecular weight is 404 g/mol. The highest BCUT2D eigenvalue weighted by molar-refractivity contribution is 6.30. The minimum absolute atomic E-state index is 0.113. The van der Waals surface area contributed by atoms with Crippen molar-refractivity contribution in [3.63, 3.8) is 0 Å². The lowest BCUT2D eigenvalue weighted by Gasteiger charge is -2.26. The van der Waals surface area contributed by atoms with E-state index in [9.17, 15) is 14.7 Å². The van der Waals surface area contributed by atoms with Crippen molar-refractivity contribution in [1.29, 1.82) is 0 Å². The zero-order chi connectivity index (χ0) is 20.4. The van der Waals surface area contributed by atoms with Crippen LogP contribution in [-0.2, 0) is 14.3 Å². The van der Waals surface area contributed by atoms with Gasteiger partial charge in [-0.1, -0.05) is 37.6 Å². The number of aliphatic carboxylic acids is 1. The Labute approximate surface area is 168 Å². The summed E-state index contributed by atoms with van der Waals surface area (Å²) >= 11 is 6.21. The average Bonchev–Trinajstić information content (AvgIpc) is 2.77. The number of anilines is 1. The van der Waals surface area contributed by atoms with Crippen molar-refractivity contribution in [2.45, 2.75) is 38.4 Å². The van der Waals surface area contributed by atoms with Gasteiger partial charge < -0.3 is 19.9 Å². The molecule has 1 amide bonds. The number of fused-ring (bicyclic) bond motifs is 1. The van der Waals surface area contributed by atoms with Crippen molar-refractivity contribution in [2.75, 3.05) is 12.4 Å². The standard InChI is InChI=1S/C21H22ClNO5/c1-11(2)19-13(5-4-6-16(19)27-3)20-14-9-12(22)7-8-15(14)23-21(26)17(28-20)10-18(24)25/h4-9,11,17,20H,10H2,1-3H3,(H,23,26)(H,24,25)/t17-,20-/m0/s1. The fourth-order valence-electron chi connectivity index (χ4n) is 3.50. The second-order valence-electron chi connectivity index (χ2n) is 6.94. The number of nitrogens with one attached hydrogen (secondary N) is 1. The Morgan fingerprint density at radius 1 is 1.29 bits per heavy atom. The van der Waals surface area contributed by atoms with Gasteiger partial charge in [0.15, 0.2) is 0 Å². The Hall–Kier alpha value is -2.57. The van der Waals surface area contributed by atoms with Gasteiger partial charge in [0.2, 0.25) is 0 Å². The van der Waals surface area contributed by atoms with Gasteiger partial charge in [-0.3, -0.25) is 9.59 Å². The number of hydrogen-bond acceptors (Lipinski definition) is 4. The van der Waals surface area contributed by atoms with E-state index in [2.05, 4.69) is 5.32 Å². The summed E-state index contributed by atoms with van der Waals surface area (Å²) in [7, 11) is 1.60. The normalized spacial score (nSPS) is 19.0. The zero-order valence-electron chi connectivity index (χ0n) is 15.9. The highest BCUT2D eigenvalue weighted by Crippen LogP contribution is 2.42. The van der Waals surface area contributed by atoms with Crippen LogP contribution in [0.4, 0.5) is 5.69 Å². The molecule has 0 saturated carbocycles. The number of carboxylic acid groups (broad SMARTS) is 1. The number of rotatable bonds is 5. The number of carboxylic acids is 1. The fraction of sp³-hybridized carbons (Fsp3) is 0.333. The largest absolute Gasteiger partial charge is 0.496 e. The van der Waals surface area contributed by atoms with Crippen molar-refractivity contribution in [1.82, 2.24) is 0 Å². The second-order valence-corrected chi connectivity index (χ2v) is 7.38. The number of carbonyl (C=O) groups is 2. The van der Waals surface area contributed by atoms with E-state index in [0.717, 1.165) is 11.1 Å². The first-order valence-corrected chi connectivity index (χ1v) is 9.34. The van der Waals surface area contributed by atoms with E-state index in [1.807, 2.05) is 32.0 Å². The fourth-order valence-corrected chi connectivity index (χ4v) is 3.68. The molecule has 0 saturated heterocycles. The summed E-state index contributed by atoms with van der Waals surface area (Å²) in [6, 6.07) is 10.7. The van der Waals surface area contributed by atoms with Crippen LogP contribution in [0.3, 0.4) is 0 Å². The van der Waals surface area contributed by atoms with Crippen molar-refractivity contribution in [3.05, 3.63) is 58.1 Å². The summed E-state index contributed by atoms with van der Waals surface area (Å²) in [4.78, 5) is 23.8. The molecular formula is C21H22ClNO5. The molecule has 0 fully saturated rings. The van der Waals surface area contributed by atoms with E-state index in [-0.39, 0.29) is 5.92 Å². The van der Waals surface area contributed by atoms with E-state index >= 15 is 0 Å². The third kappa shape index (κ3) is 3.98. The molecule has 7 heteroatoms. The summed E-state index contributed by atoms with van der Waals surface area (Å²) in [5.74, 6) is -0.791. The molecule has 0 radical (unpaired) electrons. The second kappa shape index (κ2) is 8.20. The maximum Gasteiger partial charge on any atom is 0.306 e. The maximum atomic E-state index is 12.6. The summed E-state index contributed by atoms with van der Waals surface area (Å²) in [6.45, 7) is 4.07. The topological polar surface area (TPSA) is 84.9 Å². The first-order chi connectivity index (χ1) is 13.3. The Bertz CT molecular complexity index is 912. The SMILES string of the molecule is COc1cccc([C@@H]2O[C@@H](CC(=O)O)C(=O)Nc3ccc(Cl)cc32)c1C(C)C. The zero-order valence-corrected chi connectivity index (χ0v) is 16.6. The van der Waals surface area contributed by atoms with Crippen LogP contribution in [-0.4, -0.2) is 30.2 Å². The van der Waals surface area contributed by atoms with Gasteiger partial charge in [-0.25, -0.2) is 0 Å². The molecule has 28 heavy (non-hydrogen) atoms. The van der Waals surface area contributed by atoms with E-state index in [1.54, 1.807) is 25.3 Å². The first-order valence-electron chi connectivity index (χ1n) is 8.96. The van der Waals surface area contributed by atoms with Gasteiger partial charge in [0.05, 0.1) is 13.5 Å². The van der Waals surface area contributed by atoms with Crippen LogP contribution >= 0.6 is 11.6 Å². The van der Waals surface area contributed by atoms with Crippen molar-refractivity contribution < 1.29 is 24.2 Å². The Kier molecular flexibility index (Phi) is 5.91. The number of carbonyl (C=O) groups excluding carboxylic acids is 1. The molecule has 1 aliphatic rings. The third-order valence-corrected chi connectivity index (χ3v) is 4.92. The maximum absolute atomic E-state index is 12.6. The van der Waals surface area contributed by atoms with Gasteiger partial charge in [-0.15, -0.1) is 0 Å². The number of benzene rings is 2. The van der Waals surface area contributed by atoms with Gasteiger partial charge in [-0.2, -0.15) is 0 Å². The summed E-state index contributed by atoms with van der Waals surface area (Å²) < 4.78 is 11.6. The molecule has 2 aromatic rings. The molecule has 148 valence electrons. The molecule has 0 unspecified atom stereocenters. The molecule has 3 rings (SSSR count). The minimum atomic E-state index is -1.14. The predicted molar refractivity (Wildman–Crippen MR) is 106 cm³/mol. The Morgan fingerprint density at radius 2 is 2.04 bits per heavy atom. The summed E-state index contributed by atoms with van der Waals surface area (Å²) in [6.07, 6.45) is -2.25. The van der Waals surface area contributed by atoms with Gasteiger partial charge >= 0.3 is 5.97 Å². The highest BCUT2D eigenvalue weighted by Gasteiger charge is 2.35. The van der Waals surface area contributed by atoms with E-state index in [4.69, 9.17) is 21.1 Å². The van der Waals surface area contributed by atoms with Crippen LogP contribution in [0.5, 0.6) is 5.75 Å². The highest BCUT2D eigenvalue weighted by atomic mass is 35.5. The van der Waals surface area contributed by atoms with Crippen molar-refractivity contribution in [2.24, 2.45) is 0 Å². The lowest BCUT2D eigenvalue weighted by Crippen LogP contribution is -2.31. The third-order valence-electron chi connectivity index (χ3n) is 4.69. The van der Waals surface area contributed by atoms with Gasteiger partial charge in [-0.05, 0) is 35.7 Å². The van der Waals surface area contributed by atoms with E-state index in [0.29, 0.717) is 22.0 Å². The molecule has 1 aliphatic heterocycles. The van der Waals surface area contributed by atoms with Crippen molar-refractivity contribution in [3.8, 4) is 5.75 Å². The number of methoxy groups -OCH3 is 1. The Balaban J connectivity index is 2.21. The molecule has 2 aromatic carbocycles. The van der Waals surface area contributed by atoms with E-state index in [1.165, 1.54) is 0 Å². The molecule has 6 nitrogen and oxygen atoms in total. The van der Waals surface area contributed by atoms with Crippen LogP contribution in [0.2, 0.25) is 5.02 Å². The number of hydrogen-bond donors (Lipinski definition) is 2. The molecule has 2 N–H and O–H groups in total.